The molecule has 0 bridgehead atoms. The van der Waals surface area contributed by atoms with Crippen molar-refractivity contribution in [2.45, 2.75) is 26.2 Å². The molecule has 4 rings (SSSR count). The Morgan fingerprint density at radius 2 is 1.55 bits per heavy atom. The predicted molar refractivity (Wildman–Crippen MR) is 113 cm³/mol. The Morgan fingerprint density at radius 3 is 2.24 bits per heavy atom. The van der Waals surface area contributed by atoms with E-state index in [9.17, 15) is 8.78 Å². The lowest BCUT2D eigenvalue weighted by Gasteiger charge is -2.31. The minimum Gasteiger partial charge on any atom is -0.278 e. The zero-order valence-electron chi connectivity index (χ0n) is 16.3. The van der Waals surface area contributed by atoms with Crippen molar-refractivity contribution in [3.63, 3.8) is 0 Å². The Bertz CT molecular complexity index is 970. The van der Waals surface area contributed by atoms with Crippen LogP contribution >= 0.6 is 11.6 Å². The van der Waals surface area contributed by atoms with Crippen LogP contribution in [-0.4, -0.2) is 22.9 Å². The molecule has 0 spiro atoms. The summed E-state index contributed by atoms with van der Waals surface area (Å²) in [7, 11) is 0. The molecule has 0 unspecified atom stereocenters. The van der Waals surface area contributed by atoms with Crippen molar-refractivity contribution in [2.24, 2.45) is 0 Å². The quantitative estimate of drug-likeness (QED) is 0.511. The van der Waals surface area contributed by atoms with Gasteiger partial charge < -0.3 is 0 Å². The van der Waals surface area contributed by atoms with Crippen molar-refractivity contribution >= 4 is 11.6 Å². The number of nitrogens with zero attached hydrogens (tertiary/aromatic N) is 2. The highest BCUT2D eigenvalue weighted by atomic mass is 35.5. The van der Waals surface area contributed by atoms with E-state index in [2.05, 4.69) is 28.9 Å². The molecule has 0 amide bonds. The molecule has 3 aromatic rings. The molecule has 0 aliphatic carbocycles. The SMILES string of the molecule is Cc1ccccc1CN1CCN(Cc2c(F)cccc2Cl)[C@@H]1c1ccc(F)cc1. The lowest BCUT2D eigenvalue weighted by atomic mass is 10.1. The highest BCUT2D eigenvalue weighted by Crippen LogP contribution is 2.34. The maximum absolute atomic E-state index is 14.4. The van der Waals surface area contributed by atoms with Crippen LogP contribution in [0.5, 0.6) is 0 Å². The number of rotatable bonds is 5. The lowest BCUT2D eigenvalue weighted by Crippen LogP contribution is -2.31. The molecule has 0 saturated carbocycles. The number of hydrogen-bond acceptors (Lipinski definition) is 2. The molecule has 1 saturated heterocycles. The van der Waals surface area contributed by atoms with E-state index < -0.39 is 0 Å². The third-order valence-corrected chi connectivity index (χ3v) is 5.95. The van der Waals surface area contributed by atoms with Crippen molar-refractivity contribution < 1.29 is 8.78 Å². The number of hydrogen-bond donors (Lipinski definition) is 0. The standard InChI is InChI=1S/C24H23ClF2N2/c1-17-5-2-3-6-19(17)15-28-13-14-29(16-21-22(25)7-4-8-23(21)27)24(28)18-9-11-20(26)12-10-18/h2-12,24H,13-16H2,1H3/t24-/m1/s1. The summed E-state index contributed by atoms with van der Waals surface area (Å²) in [6.07, 6.45) is -0.0779. The van der Waals surface area contributed by atoms with E-state index in [0.717, 1.165) is 25.2 Å². The fourth-order valence-corrected chi connectivity index (χ4v) is 4.24. The van der Waals surface area contributed by atoms with E-state index >= 15 is 0 Å². The molecule has 3 aromatic carbocycles. The summed E-state index contributed by atoms with van der Waals surface area (Å²) >= 11 is 6.28. The van der Waals surface area contributed by atoms with Gasteiger partial charge in [-0.1, -0.05) is 54.1 Å². The molecule has 1 atom stereocenters. The van der Waals surface area contributed by atoms with Gasteiger partial charge in [-0.25, -0.2) is 8.78 Å². The van der Waals surface area contributed by atoms with Gasteiger partial charge in [0.25, 0.3) is 0 Å². The highest BCUT2D eigenvalue weighted by Gasteiger charge is 2.34. The average molecular weight is 413 g/mol. The maximum Gasteiger partial charge on any atom is 0.129 e. The van der Waals surface area contributed by atoms with Gasteiger partial charge in [0.1, 0.15) is 11.6 Å². The van der Waals surface area contributed by atoms with Crippen LogP contribution in [0.1, 0.15) is 28.4 Å². The molecule has 1 heterocycles. The van der Waals surface area contributed by atoms with Gasteiger partial charge in [-0.15, -0.1) is 0 Å². The van der Waals surface area contributed by atoms with Crippen LogP contribution in [0.2, 0.25) is 5.02 Å². The summed E-state index contributed by atoms with van der Waals surface area (Å²) in [5.41, 5.74) is 3.98. The third-order valence-electron chi connectivity index (χ3n) is 5.59. The van der Waals surface area contributed by atoms with Crippen molar-refractivity contribution in [2.75, 3.05) is 13.1 Å². The molecule has 29 heavy (non-hydrogen) atoms. The minimum atomic E-state index is -0.298. The van der Waals surface area contributed by atoms with E-state index in [-0.39, 0.29) is 17.8 Å². The third kappa shape index (κ3) is 4.35. The van der Waals surface area contributed by atoms with Crippen molar-refractivity contribution in [1.29, 1.82) is 0 Å². The summed E-state index contributed by atoms with van der Waals surface area (Å²) in [5.74, 6) is -0.561. The first-order chi connectivity index (χ1) is 14.0. The summed E-state index contributed by atoms with van der Waals surface area (Å²) < 4.78 is 27.9. The molecule has 150 valence electrons. The van der Waals surface area contributed by atoms with Gasteiger partial charge in [-0.05, 0) is 47.9 Å². The van der Waals surface area contributed by atoms with Crippen LogP contribution in [0.15, 0.2) is 66.7 Å². The molecule has 1 aliphatic heterocycles. The first-order valence-electron chi connectivity index (χ1n) is 9.74. The van der Waals surface area contributed by atoms with Gasteiger partial charge in [0.15, 0.2) is 0 Å². The second-order valence-corrected chi connectivity index (χ2v) is 7.90. The van der Waals surface area contributed by atoms with Crippen LogP contribution in [-0.2, 0) is 13.1 Å². The predicted octanol–water partition coefficient (Wildman–Crippen LogP) is 5.94. The Labute approximate surface area is 175 Å². The van der Waals surface area contributed by atoms with Crippen LogP contribution in [0, 0.1) is 18.6 Å². The van der Waals surface area contributed by atoms with Crippen molar-refractivity contribution in [1.82, 2.24) is 9.80 Å². The fraction of sp³-hybridized carbons (Fsp3) is 0.250. The number of halogens is 3. The number of benzene rings is 3. The van der Waals surface area contributed by atoms with Crippen LogP contribution < -0.4 is 0 Å². The smallest absolute Gasteiger partial charge is 0.129 e. The van der Waals surface area contributed by atoms with Gasteiger partial charge in [0.05, 0.1) is 6.17 Å². The first-order valence-corrected chi connectivity index (χ1v) is 10.1. The molecule has 0 N–H and O–H groups in total. The molecule has 1 fully saturated rings. The van der Waals surface area contributed by atoms with Gasteiger partial charge in [0.2, 0.25) is 0 Å². The monoisotopic (exact) mass is 412 g/mol. The minimum absolute atomic E-state index is 0.0779. The second kappa shape index (κ2) is 8.62. The Hall–Kier alpha value is -2.27. The zero-order valence-corrected chi connectivity index (χ0v) is 17.0. The Morgan fingerprint density at radius 1 is 0.862 bits per heavy atom. The van der Waals surface area contributed by atoms with Gasteiger partial charge in [0, 0.05) is 36.8 Å². The summed E-state index contributed by atoms with van der Waals surface area (Å²) in [5, 5.41) is 0.431. The molecule has 1 aliphatic rings. The summed E-state index contributed by atoms with van der Waals surface area (Å²) in [6.45, 7) is 4.89. The van der Waals surface area contributed by atoms with Crippen LogP contribution in [0.25, 0.3) is 0 Å². The fourth-order valence-electron chi connectivity index (χ4n) is 4.01. The van der Waals surface area contributed by atoms with Crippen LogP contribution in [0.4, 0.5) is 8.78 Å². The summed E-state index contributed by atoms with van der Waals surface area (Å²) in [4.78, 5) is 4.56. The van der Waals surface area contributed by atoms with E-state index in [0.29, 0.717) is 17.1 Å². The van der Waals surface area contributed by atoms with E-state index in [4.69, 9.17) is 11.6 Å². The van der Waals surface area contributed by atoms with Crippen LogP contribution in [0.3, 0.4) is 0 Å². The first kappa shape index (κ1) is 20.0. The Balaban J connectivity index is 1.66. The van der Waals surface area contributed by atoms with Gasteiger partial charge in [-0.3, -0.25) is 9.80 Å². The molecule has 2 nitrogen and oxygen atoms in total. The van der Waals surface area contributed by atoms with E-state index in [1.165, 1.54) is 29.3 Å². The van der Waals surface area contributed by atoms with E-state index in [1.54, 1.807) is 12.1 Å². The van der Waals surface area contributed by atoms with Gasteiger partial charge in [-0.2, -0.15) is 0 Å². The maximum atomic E-state index is 14.4. The highest BCUT2D eigenvalue weighted by molar-refractivity contribution is 6.31. The lowest BCUT2D eigenvalue weighted by molar-refractivity contribution is 0.124. The summed E-state index contributed by atoms with van der Waals surface area (Å²) in [6, 6.07) is 19.7. The molecule has 0 radical (unpaired) electrons. The van der Waals surface area contributed by atoms with Crippen molar-refractivity contribution in [3.8, 4) is 0 Å². The average Bonchev–Trinajstić information content (AvgIpc) is 3.09. The molecular formula is C24H23ClF2N2. The zero-order chi connectivity index (χ0) is 20.4. The molecule has 5 heteroatoms. The molecular weight excluding hydrogens is 390 g/mol. The largest absolute Gasteiger partial charge is 0.278 e. The van der Waals surface area contributed by atoms with E-state index in [1.807, 2.05) is 24.3 Å². The number of aryl methyl sites for hydroxylation is 1. The van der Waals surface area contributed by atoms with Gasteiger partial charge >= 0.3 is 0 Å². The Kier molecular flexibility index (Phi) is 5.95. The second-order valence-electron chi connectivity index (χ2n) is 7.49. The van der Waals surface area contributed by atoms with Crippen molar-refractivity contribution in [3.05, 3.63) is 106 Å². The molecule has 0 aromatic heterocycles. The topological polar surface area (TPSA) is 6.48 Å². The normalized spacial score (nSPS) is 17.7.